The summed E-state index contributed by atoms with van der Waals surface area (Å²) in [5.74, 6) is -0.663. The lowest BCUT2D eigenvalue weighted by atomic mass is 10.2. The molecule has 0 aromatic carbocycles. The highest BCUT2D eigenvalue weighted by Crippen LogP contribution is 2.24. The Hall–Kier alpha value is -2.48. The first-order valence-electron chi connectivity index (χ1n) is 6.82. The van der Waals surface area contributed by atoms with Crippen molar-refractivity contribution < 1.29 is 14.7 Å². The minimum Gasteiger partial charge on any atom is -0.480 e. The number of amides is 1. The summed E-state index contributed by atoms with van der Waals surface area (Å²) in [7, 11) is 0. The number of nitrogens with one attached hydrogen (secondary N) is 1. The van der Waals surface area contributed by atoms with Crippen LogP contribution >= 0.6 is 11.3 Å². The summed E-state index contributed by atoms with van der Waals surface area (Å²) < 4.78 is 0. The van der Waals surface area contributed by atoms with E-state index in [0.717, 1.165) is 0 Å². The quantitative estimate of drug-likeness (QED) is 0.895. The third kappa shape index (κ3) is 2.91. The summed E-state index contributed by atoms with van der Waals surface area (Å²) in [5.41, 5.74) is 0.261. The molecule has 0 saturated carbocycles. The van der Waals surface area contributed by atoms with Gasteiger partial charge in [0.05, 0.1) is 0 Å². The van der Waals surface area contributed by atoms with Crippen molar-refractivity contribution >= 4 is 34.2 Å². The molecule has 0 bridgehead atoms. The summed E-state index contributed by atoms with van der Waals surface area (Å²) in [5, 5.41) is 14.3. The Bertz CT molecular complexity index is 688. The van der Waals surface area contributed by atoms with E-state index >= 15 is 0 Å². The van der Waals surface area contributed by atoms with Crippen molar-refractivity contribution in [3.8, 4) is 0 Å². The average Bonchev–Trinajstić information content (AvgIpc) is 3.16. The predicted molar refractivity (Wildman–Crippen MR) is 81.3 cm³/mol. The Labute approximate surface area is 130 Å². The highest BCUT2D eigenvalue weighted by molar-refractivity contribution is 7.14. The molecular formula is C14H14N4O3S. The van der Waals surface area contributed by atoms with E-state index in [0.29, 0.717) is 30.3 Å². The second-order valence-electron chi connectivity index (χ2n) is 4.87. The lowest BCUT2D eigenvalue weighted by Gasteiger charge is -2.20. The van der Waals surface area contributed by atoms with Crippen LogP contribution in [0.4, 0.5) is 10.9 Å². The van der Waals surface area contributed by atoms with Gasteiger partial charge in [0.1, 0.15) is 17.6 Å². The summed E-state index contributed by atoms with van der Waals surface area (Å²) in [6.45, 7) is 0.455. The van der Waals surface area contributed by atoms with Crippen molar-refractivity contribution in [2.75, 3.05) is 11.9 Å². The first-order valence-corrected chi connectivity index (χ1v) is 7.70. The van der Waals surface area contributed by atoms with Gasteiger partial charge in [0.2, 0.25) is 0 Å². The Morgan fingerprint density at radius 1 is 1.41 bits per heavy atom. The number of carbonyl (C=O) groups excluding carboxylic acids is 1. The van der Waals surface area contributed by atoms with Gasteiger partial charge in [-0.2, -0.15) is 0 Å². The number of thiazole rings is 1. The van der Waals surface area contributed by atoms with Crippen LogP contribution in [-0.4, -0.2) is 44.4 Å². The summed E-state index contributed by atoms with van der Waals surface area (Å²) in [4.78, 5) is 33.3. The molecule has 0 unspecified atom stereocenters. The Morgan fingerprint density at radius 2 is 2.27 bits per heavy atom. The molecule has 8 heteroatoms. The van der Waals surface area contributed by atoms with E-state index in [1.165, 1.54) is 16.2 Å². The first-order chi connectivity index (χ1) is 10.6. The Kier molecular flexibility index (Phi) is 4.01. The molecule has 7 nitrogen and oxygen atoms in total. The fourth-order valence-electron chi connectivity index (χ4n) is 2.39. The van der Waals surface area contributed by atoms with Gasteiger partial charge in [-0.15, -0.1) is 11.3 Å². The zero-order chi connectivity index (χ0) is 15.5. The lowest BCUT2D eigenvalue weighted by molar-refractivity contribution is -0.141. The van der Waals surface area contributed by atoms with Gasteiger partial charge in [-0.3, -0.25) is 4.79 Å². The maximum atomic E-state index is 12.4. The SMILES string of the molecule is O=C(O)[C@@H]1CCCN1C(=O)c1csc(Nc2ccccn2)n1. The van der Waals surface area contributed by atoms with Crippen molar-refractivity contribution in [3.63, 3.8) is 0 Å². The van der Waals surface area contributed by atoms with E-state index in [-0.39, 0.29) is 11.6 Å². The number of likely N-dealkylation sites (tertiary alicyclic amines) is 1. The second-order valence-corrected chi connectivity index (χ2v) is 5.73. The van der Waals surface area contributed by atoms with Crippen LogP contribution in [0.15, 0.2) is 29.8 Å². The Morgan fingerprint density at radius 3 is 3.00 bits per heavy atom. The van der Waals surface area contributed by atoms with E-state index in [1.54, 1.807) is 23.7 Å². The molecule has 1 atom stereocenters. The maximum Gasteiger partial charge on any atom is 0.326 e. The molecule has 2 aromatic rings. The standard InChI is InChI=1S/C14H14N4O3S/c19-12(18-7-3-4-10(18)13(20)21)9-8-22-14(16-9)17-11-5-1-2-6-15-11/h1-2,5-6,8,10H,3-4,7H2,(H,20,21)(H,15,16,17)/t10-/m0/s1. The number of anilines is 2. The molecule has 0 spiro atoms. The first kappa shape index (κ1) is 14.5. The molecule has 1 aliphatic rings. The third-order valence-electron chi connectivity index (χ3n) is 3.42. The van der Waals surface area contributed by atoms with E-state index in [9.17, 15) is 9.59 Å². The zero-order valence-electron chi connectivity index (χ0n) is 11.6. The number of hydrogen-bond acceptors (Lipinski definition) is 6. The zero-order valence-corrected chi connectivity index (χ0v) is 12.4. The largest absolute Gasteiger partial charge is 0.480 e. The number of aromatic nitrogens is 2. The molecule has 3 rings (SSSR count). The second kappa shape index (κ2) is 6.10. The highest BCUT2D eigenvalue weighted by atomic mass is 32.1. The fraction of sp³-hybridized carbons (Fsp3) is 0.286. The normalized spacial score (nSPS) is 17.5. The van der Waals surface area contributed by atoms with Crippen LogP contribution in [0, 0.1) is 0 Å². The predicted octanol–water partition coefficient (Wildman–Crippen LogP) is 1.97. The molecule has 1 saturated heterocycles. The molecular weight excluding hydrogens is 304 g/mol. The molecule has 114 valence electrons. The van der Waals surface area contributed by atoms with Crippen LogP contribution in [0.1, 0.15) is 23.3 Å². The number of pyridine rings is 1. The van der Waals surface area contributed by atoms with Crippen molar-refractivity contribution in [1.29, 1.82) is 0 Å². The van der Waals surface area contributed by atoms with Gasteiger partial charge in [-0.1, -0.05) is 6.07 Å². The van der Waals surface area contributed by atoms with Crippen LogP contribution in [0.25, 0.3) is 0 Å². The molecule has 22 heavy (non-hydrogen) atoms. The van der Waals surface area contributed by atoms with Crippen molar-refractivity contribution in [1.82, 2.24) is 14.9 Å². The smallest absolute Gasteiger partial charge is 0.326 e. The number of hydrogen-bond donors (Lipinski definition) is 2. The van der Waals surface area contributed by atoms with Crippen LogP contribution in [0.5, 0.6) is 0 Å². The average molecular weight is 318 g/mol. The lowest BCUT2D eigenvalue weighted by Crippen LogP contribution is -2.40. The maximum absolute atomic E-state index is 12.4. The van der Waals surface area contributed by atoms with Gasteiger partial charge < -0.3 is 15.3 Å². The summed E-state index contributed by atoms with van der Waals surface area (Å²) in [6, 6.07) is 4.70. The van der Waals surface area contributed by atoms with Gasteiger partial charge in [-0.05, 0) is 25.0 Å². The molecule has 2 aromatic heterocycles. The molecule has 0 aliphatic carbocycles. The molecule has 0 radical (unpaired) electrons. The highest BCUT2D eigenvalue weighted by Gasteiger charge is 2.35. The monoisotopic (exact) mass is 318 g/mol. The van der Waals surface area contributed by atoms with E-state index in [2.05, 4.69) is 15.3 Å². The van der Waals surface area contributed by atoms with Gasteiger partial charge in [0.15, 0.2) is 5.13 Å². The summed E-state index contributed by atoms with van der Waals surface area (Å²) >= 11 is 1.28. The molecule has 1 aliphatic heterocycles. The number of rotatable bonds is 4. The van der Waals surface area contributed by atoms with Gasteiger partial charge in [0, 0.05) is 18.1 Å². The number of carboxylic acid groups (broad SMARTS) is 1. The van der Waals surface area contributed by atoms with Gasteiger partial charge in [-0.25, -0.2) is 14.8 Å². The fourth-order valence-corrected chi connectivity index (χ4v) is 3.08. The Balaban J connectivity index is 1.73. The number of aliphatic carboxylic acids is 1. The van der Waals surface area contributed by atoms with E-state index in [4.69, 9.17) is 5.11 Å². The third-order valence-corrected chi connectivity index (χ3v) is 4.18. The molecule has 1 fully saturated rings. The van der Waals surface area contributed by atoms with E-state index in [1.807, 2.05) is 6.07 Å². The van der Waals surface area contributed by atoms with Crippen LogP contribution in [0.3, 0.4) is 0 Å². The summed E-state index contributed by atoms with van der Waals surface area (Å²) in [6.07, 6.45) is 2.85. The molecule has 2 N–H and O–H groups in total. The number of carbonyl (C=O) groups is 2. The van der Waals surface area contributed by atoms with Crippen LogP contribution in [0.2, 0.25) is 0 Å². The number of nitrogens with zero attached hydrogens (tertiary/aromatic N) is 3. The molecule has 1 amide bonds. The van der Waals surface area contributed by atoms with Crippen molar-refractivity contribution in [2.45, 2.75) is 18.9 Å². The number of carboxylic acids is 1. The van der Waals surface area contributed by atoms with Crippen LogP contribution in [-0.2, 0) is 4.79 Å². The minimum atomic E-state index is -0.965. The van der Waals surface area contributed by atoms with E-state index < -0.39 is 12.0 Å². The van der Waals surface area contributed by atoms with Crippen LogP contribution < -0.4 is 5.32 Å². The van der Waals surface area contributed by atoms with Crippen molar-refractivity contribution in [3.05, 3.63) is 35.5 Å². The molecule has 3 heterocycles. The van der Waals surface area contributed by atoms with Gasteiger partial charge in [0.25, 0.3) is 5.91 Å². The van der Waals surface area contributed by atoms with Gasteiger partial charge >= 0.3 is 5.97 Å². The topological polar surface area (TPSA) is 95.4 Å². The minimum absolute atomic E-state index is 0.261. The van der Waals surface area contributed by atoms with Crippen molar-refractivity contribution in [2.24, 2.45) is 0 Å².